The van der Waals surface area contributed by atoms with Crippen LogP contribution in [0, 0.1) is 5.92 Å². The van der Waals surface area contributed by atoms with E-state index >= 15 is 0 Å². The molecule has 216 valence electrons. The molecule has 3 N–H and O–H groups in total. The number of aliphatic hydroxyl groups is 2. The standard InChI is InChI=1S/C28H45NO8S/c1-17(9-12-24-26(32)28(33,16-38)15-27(6,34-7)37-24)8-11-23-18(2)14-22(20(4)36-23)29-25(31)13-10-19(3)35-21(5)30/h8-10,12-13,18-20,22-24,26,32-33,38H,11,14-16H2,1-7H3,(H,29,31)/b12-9+,13-10-,17-8+/t18-,19-,20+,22+,23-,24+,26+,27-,28+/m0/s1. The van der Waals surface area contributed by atoms with Gasteiger partial charge in [-0.3, -0.25) is 9.59 Å². The van der Waals surface area contributed by atoms with Crippen LogP contribution in [0.25, 0.3) is 0 Å². The number of hydrogen-bond donors (Lipinski definition) is 4. The van der Waals surface area contributed by atoms with Crippen LogP contribution in [0.3, 0.4) is 0 Å². The molecule has 0 radical (unpaired) electrons. The highest BCUT2D eigenvalue weighted by atomic mass is 32.1. The third-order valence-corrected chi connectivity index (χ3v) is 7.76. The lowest BCUT2D eigenvalue weighted by Crippen LogP contribution is -2.62. The van der Waals surface area contributed by atoms with E-state index in [1.165, 1.54) is 20.1 Å². The van der Waals surface area contributed by atoms with Crippen molar-refractivity contribution in [2.75, 3.05) is 12.9 Å². The summed E-state index contributed by atoms with van der Waals surface area (Å²) in [6.07, 6.45) is 7.61. The van der Waals surface area contributed by atoms with Crippen LogP contribution in [0.4, 0.5) is 0 Å². The number of esters is 1. The van der Waals surface area contributed by atoms with Crippen molar-refractivity contribution in [2.24, 2.45) is 5.92 Å². The summed E-state index contributed by atoms with van der Waals surface area (Å²) in [5.41, 5.74) is -0.464. The van der Waals surface area contributed by atoms with Gasteiger partial charge in [0.2, 0.25) is 5.91 Å². The number of nitrogens with one attached hydrogen (secondary N) is 1. The average Bonchev–Trinajstić information content (AvgIpc) is 2.85. The summed E-state index contributed by atoms with van der Waals surface area (Å²) < 4.78 is 22.6. The van der Waals surface area contributed by atoms with Crippen LogP contribution in [0.2, 0.25) is 0 Å². The largest absolute Gasteiger partial charge is 0.459 e. The second-order valence-corrected chi connectivity index (χ2v) is 11.0. The number of ether oxygens (including phenoxy) is 4. The van der Waals surface area contributed by atoms with Crippen LogP contribution < -0.4 is 5.32 Å². The van der Waals surface area contributed by atoms with Gasteiger partial charge in [-0.05, 0) is 52.5 Å². The maximum absolute atomic E-state index is 12.3. The van der Waals surface area contributed by atoms with E-state index in [0.29, 0.717) is 6.42 Å². The summed E-state index contributed by atoms with van der Waals surface area (Å²) in [4.78, 5) is 23.3. The first kappa shape index (κ1) is 32.5. The normalized spacial score (nSPS) is 37.4. The van der Waals surface area contributed by atoms with Crippen LogP contribution in [0.15, 0.2) is 36.0 Å². The van der Waals surface area contributed by atoms with E-state index in [4.69, 9.17) is 18.9 Å². The number of thiol groups is 1. The van der Waals surface area contributed by atoms with Crippen molar-refractivity contribution >= 4 is 24.5 Å². The maximum Gasteiger partial charge on any atom is 0.303 e. The first-order valence-electron chi connectivity index (χ1n) is 13.1. The van der Waals surface area contributed by atoms with E-state index in [-0.39, 0.29) is 42.2 Å². The summed E-state index contributed by atoms with van der Waals surface area (Å²) in [5.74, 6) is -1.39. The minimum atomic E-state index is -1.43. The molecule has 2 aliphatic heterocycles. The van der Waals surface area contributed by atoms with E-state index in [1.54, 1.807) is 26.0 Å². The van der Waals surface area contributed by atoms with Crippen LogP contribution in [-0.2, 0) is 28.5 Å². The highest BCUT2D eigenvalue weighted by molar-refractivity contribution is 7.80. The number of carbonyl (C=O) groups excluding carboxylic acids is 2. The Hall–Kier alpha value is -1.69. The highest BCUT2D eigenvalue weighted by Crippen LogP contribution is 2.38. The Labute approximate surface area is 232 Å². The maximum atomic E-state index is 12.3. The van der Waals surface area contributed by atoms with Crippen molar-refractivity contribution in [3.63, 3.8) is 0 Å². The monoisotopic (exact) mass is 555 g/mol. The van der Waals surface area contributed by atoms with Crippen molar-refractivity contribution in [1.82, 2.24) is 5.32 Å². The number of allylic oxidation sites excluding steroid dienone is 2. The van der Waals surface area contributed by atoms with Crippen molar-refractivity contribution in [2.45, 2.75) is 109 Å². The Bertz CT molecular complexity index is 907. The van der Waals surface area contributed by atoms with Crippen LogP contribution in [0.5, 0.6) is 0 Å². The Balaban J connectivity index is 1.93. The SMILES string of the molecule is CO[C@]1(C)C[C@@](O)(CS)[C@H](O)[C@@H](/C=C/C(C)=C/C[C@@H]2O[C@H](C)[C@H](NC(=O)/C=C\[C@H](C)OC(C)=O)C[C@@H]2C)O1. The zero-order valence-electron chi connectivity index (χ0n) is 23.5. The average molecular weight is 556 g/mol. The van der Waals surface area contributed by atoms with Gasteiger partial charge >= 0.3 is 5.97 Å². The number of carbonyl (C=O) groups is 2. The fourth-order valence-corrected chi connectivity index (χ4v) is 5.16. The summed E-state index contributed by atoms with van der Waals surface area (Å²) in [7, 11) is 1.51. The molecular formula is C28H45NO8S. The Morgan fingerprint density at radius 1 is 1.26 bits per heavy atom. The molecule has 2 fully saturated rings. The number of aliphatic hydroxyl groups excluding tert-OH is 1. The van der Waals surface area contributed by atoms with Crippen LogP contribution in [-0.4, -0.2) is 82.9 Å². The van der Waals surface area contributed by atoms with E-state index in [0.717, 1.165) is 12.0 Å². The Kier molecular flexibility index (Phi) is 12.1. The van der Waals surface area contributed by atoms with Crippen LogP contribution >= 0.6 is 12.6 Å². The fourth-order valence-electron chi connectivity index (χ4n) is 4.86. The van der Waals surface area contributed by atoms with Crippen LogP contribution in [0.1, 0.15) is 60.8 Å². The number of rotatable bonds is 10. The zero-order chi connectivity index (χ0) is 28.7. The second kappa shape index (κ2) is 14.1. The van der Waals surface area contributed by atoms with Gasteiger partial charge in [-0.25, -0.2) is 0 Å². The molecule has 0 aromatic heterocycles. The second-order valence-electron chi connectivity index (χ2n) is 10.7. The Morgan fingerprint density at radius 3 is 2.55 bits per heavy atom. The third kappa shape index (κ3) is 9.20. The van der Waals surface area contributed by atoms with Gasteiger partial charge < -0.3 is 34.5 Å². The van der Waals surface area contributed by atoms with E-state index in [9.17, 15) is 19.8 Å². The molecule has 0 spiro atoms. The molecule has 2 heterocycles. The first-order valence-corrected chi connectivity index (χ1v) is 13.8. The summed E-state index contributed by atoms with van der Waals surface area (Å²) in [6, 6.07) is -0.127. The smallest absolute Gasteiger partial charge is 0.303 e. The number of methoxy groups -OCH3 is 1. The molecule has 0 aliphatic carbocycles. The predicted octanol–water partition coefficient (Wildman–Crippen LogP) is 2.86. The van der Waals surface area contributed by atoms with Gasteiger partial charge in [0.1, 0.15) is 23.9 Å². The lowest BCUT2D eigenvalue weighted by Gasteiger charge is -2.48. The molecule has 38 heavy (non-hydrogen) atoms. The Morgan fingerprint density at radius 2 is 1.95 bits per heavy atom. The first-order chi connectivity index (χ1) is 17.7. The van der Waals surface area contributed by atoms with Crippen molar-refractivity contribution in [3.8, 4) is 0 Å². The summed E-state index contributed by atoms with van der Waals surface area (Å²) in [6.45, 7) is 10.8. The third-order valence-electron chi connectivity index (χ3n) is 7.22. The molecular weight excluding hydrogens is 510 g/mol. The number of hydrogen-bond acceptors (Lipinski definition) is 9. The molecule has 10 heteroatoms. The molecule has 9 atom stereocenters. The van der Waals surface area contributed by atoms with Gasteiger partial charge in [-0.15, -0.1) is 0 Å². The van der Waals surface area contributed by atoms with Gasteiger partial charge in [-0.2, -0.15) is 12.6 Å². The van der Waals surface area contributed by atoms with Gasteiger partial charge in [0.25, 0.3) is 0 Å². The lowest BCUT2D eigenvalue weighted by molar-refractivity contribution is -0.311. The van der Waals surface area contributed by atoms with Crippen molar-refractivity contribution < 1.29 is 38.7 Å². The zero-order valence-corrected chi connectivity index (χ0v) is 24.4. The quantitative estimate of drug-likeness (QED) is 0.140. The molecule has 2 saturated heterocycles. The molecule has 2 aliphatic rings. The summed E-state index contributed by atoms with van der Waals surface area (Å²) in [5, 5.41) is 24.5. The molecule has 0 saturated carbocycles. The molecule has 0 unspecified atom stereocenters. The molecule has 9 nitrogen and oxygen atoms in total. The predicted molar refractivity (Wildman–Crippen MR) is 148 cm³/mol. The van der Waals surface area contributed by atoms with Gasteiger partial charge in [0.15, 0.2) is 5.79 Å². The molecule has 2 rings (SSSR count). The van der Waals surface area contributed by atoms with Gasteiger partial charge in [0.05, 0.1) is 18.2 Å². The van der Waals surface area contributed by atoms with E-state index in [1.807, 2.05) is 19.9 Å². The summed E-state index contributed by atoms with van der Waals surface area (Å²) >= 11 is 4.22. The minimum absolute atomic E-state index is 0.0105. The molecule has 1 amide bonds. The molecule has 0 aromatic carbocycles. The molecule has 0 aromatic rings. The minimum Gasteiger partial charge on any atom is -0.459 e. The van der Waals surface area contributed by atoms with Crippen molar-refractivity contribution in [1.29, 1.82) is 0 Å². The van der Waals surface area contributed by atoms with E-state index < -0.39 is 35.7 Å². The lowest BCUT2D eigenvalue weighted by atomic mass is 9.84. The molecule has 0 bridgehead atoms. The van der Waals surface area contributed by atoms with E-state index in [2.05, 4.69) is 30.9 Å². The van der Waals surface area contributed by atoms with Gasteiger partial charge in [-0.1, -0.05) is 30.7 Å². The van der Waals surface area contributed by atoms with Crippen molar-refractivity contribution in [3.05, 3.63) is 36.0 Å². The topological polar surface area (TPSA) is 124 Å². The highest BCUT2D eigenvalue weighted by Gasteiger charge is 2.51. The number of amides is 1. The fraction of sp³-hybridized carbons (Fsp3) is 0.714. The van der Waals surface area contributed by atoms with Gasteiger partial charge in [0, 0.05) is 32.3 Å².